The predicted molar refractivity (Wildman–Crippen MR) is 139 cm³/mol. The number of aliphatic hydroxyl groups is 1. The molecule has 3 aliphatic rings. The van der Waals surface area contributed by atoms with Gasteiger partial charge in [-0.1, -0.05) is 102 Å². The average Bonchev–Trinajstić information content (AvgIpc) is 2.76. The van der Waals surface area contributed by atoms with Crippen molar-refractivity contribution in [1.29, 1.82) is 0 Å². The monoisotopic (exact) mass is 530 g/mol. The highest BCUT2D eigenvalue weighted by atomic mass is 127. The second-order valence-corrected chi connectivity index (χ2v) is 13.1. The largest absolute Gasteiger partial charge is 0.393 e. The number of halogens is 1. The summed E-state index contributed by atoms with van der Waals surface area (Å²) in [6, 6.07) is 0. The highest BCUT2D eigenvalue weighted by Gasteiger charge is 2.47. The highest BCUT2D eigenvalue weighted by Crippen LogP contribution is 2.54. The van der Waals surface area contributed by atoms with E-state index in [-0.39, 0.29) is 6.10 Å². The standard InChI is InChI=1S/C28H51IO/c1-6-20-13-14-24(27(15-20)19(5)30)25-16-22(8-3)28(29)26(18(25)4)17-23-12-10-9-11-21(23)7-2/h18-28,30H,6-17H2,1-5H3/t18?,19?,20-,21+,22+,23?,24-,25?,26?,27?,28+/m1/s1. The van der Waals surface area contributed by atoms with E-state index >= 15 is 0 Å². The summed E-state index contributed by atoms with van der Waals surface area (Å²) in [5, 5.41) is 10.7. The Morgan fingerprint density at radius 2 is 1.50 bits per heavy atom. The molecule has 0 amide bonds. The SMILES string of the molecule is CC[C@@H]1CC[C@H](C2C[C@H](CC)[C@H](I)C(CC3CCCC[C@@H]3CC)C2C)C(C(C)O)C1. The van der Waals surface area contributed by atoms with Crippen molar-refractivity contribution >= 4 is 22.6 Å². The van der Waals surface area contributed by atoms with Gasteiger partial charge >= 0.3 is 0 Å². The normalized spacial score (nSPS) is 46.5. The Morgan fingerprint density at radius 3 is 2.10 bits per heavy atom. The lowest BCUT2D eigenvalue weighted by atomic mass is 9.56. The van der Waals surface area contributed by atoms with Gasteiger partial charge in [0.25, 0.3) is 0 Å². The van der Waals surface area contributed by atoms with Crippen LogP contribution < -0.4 is 0 Å². The molecule has 0 radical (unpaired) electrons. The molecule has 0 aromatic rings. The summed E-state index contributed by atoms with van der Waals surface area (Å²) in [4.78, 5) is 0. The minimum Gasteiger partial charge on any atom is -0.393 e. The van der Waals surface area contributed by atoms with Crippen LogP contribution in [0.4, 0.5) is 0 Å². The number of alkyl halides is 1. The van der Waals surface area contributed by atoms with Crippen LogP contribution in [0.1, 0.15) is 112 Å². The topological polar surface area (TPSA) is 20.2 Å². The maximum Gasteiger partial charge on any atom is 0.0543 e. The molecule has 0 saturated heterocycles. The Bertz CT molecular complexity index is 505. The molecular weight excluding hydrogens is 479 g/mol. The molecule has 1 nitrogen and oxygen atoms in total. The van der Waals surface area contributed by atoms with Gasteiger partial charge < -0.3 is 5.11 Å². The van der Waals surface area contributed by atoms with Gasteiger partial charge in [0.05, 0.1) is 6.10 Å². The lowest BCUT2D eigenvalue weighted by Gasteiger charge is -2.52. The van der Waals surface area contributed by atoms with E-state index in [4.69, 9.17) is 0 Å². The van der Waals surface area contributed by atoms with E-state index in [9.17, 15) is 5.11 Å². The van der Waals surface area contributed by atoms with Crippen LogP contribution in [0.5, 0.6) is 0 Å². The molecule has 3 aliphatic carbocycles. The lowest BCUT2D eigenvalue weighted by molar-refractivity contribution is -0.0302. The van der Waals surface area contributed by atoms with Crippen LogP contribution in [0.25, 0.3) is 0 Å². The van der Waals surface area contributed by atoms with Crippen molar-refractivity contribution < 1.29 is 5.11 Å². The Hall–Kier alpha value is 0.690. The molecule has 30 heavy (non-hydrogen) atoms. The fraction of sp³-hybridized carbons (Fsp3) is 1.00. The summed E-state index contributed by atoms with van der Waals surface area (Å²) in [7, 11) is 0. The molecule has 6 unspecified atom stereocenters. The zero-order valence-corrected chi connectivity index (χ0v) is 22.8. The van der Waals surface area contributed by atoms with E-state index < -0.39 is 0 Å². The van der Waals surface area contributed by atoms with Gasteiger partial charge in [-0.25, -0.2) is 0 Å². The van der Waals surface area contributed by atoms with Gasteiger partial charge in [0, 0.05) is 3.92 Å². The van der Waals surface area contributed by atoms with Crippen LogP contribution in [-0.2, 0) is 0 Å². The first kappa shape index (κ1) is 25.3. The van der Waals surface area contributed by atoms with E-state index in [1.165, 1.54) is 77.0 Å². The molecule has 3 rings (SSSR count). The van der Waals surface area contributed by atoms with Gasteiger partial charge in [-0.05, 0) is 85.9 Å². The smallest absolute Gasteiger partial charge is 0.0543 e. The summed E-state index contributed by atoms with van der Waals surface area (Å²) in [5.41, 5.74) is 0. The first-order valence-corrected chi connectivity index (χ1v) is 15.0. The van der Waals surface area contributed by atoms with Crippen LogP contribution >= 0.6 is 22.6 Å². The summed E-state index contributed by atoms with van der Waals surface area (Å²) in [6.07, 6.45) is 16.8. The fourth-order valence-electron chi connectivity index (χ4n) is 8.21. The summed E-state index contributed by atoms with van der Waals surface area (Å²) >= 11 is 2.87. The van der Waals surface area contributed by atoms with Crippen LogP contribution in [0.15, 0.2) is 0 Å². The fourth-order valence-corrected chi connectivity index (χ4v) is 9.96. The van der Waals surface area contributed by atoms with Gasteiger partial charge in [-0.2, -0.15) is 0 Å². The molecule has 3 fully saturated rings. The third-order valence-electron chi connectivity index (χ3n) is 10.3. The quantitative estimate of drug-likeness (QED) is 0.258. The molecule has 0 aromatic heterocycles. The van der Waals surface area contributed by atoms with Crippen LogP contribution in [0.2, 0.25) is 0 Å². The first-order valence-electron chi connectivity index (χ1n) is 13.7. The van der Waals surface area contributed by atoms with Crippen molar-refractivity contribution in [2.75, 3.05) is 0 Å². The summed E-state index contributed by atoms with van der Waals surface area (Å²) in [6.45, 7) is 11.9. The first-order chi connectivity index (χ1) is 14.4. The summed E-state index contributed by atoms with van der Waals surface area (Å²) in [5.74, 6) is 7.57. The Kier molecular flexibility index (Phi) is 9.88. The van der Waals surface area contributed by atoms with Crippen LogP contribution in [0, 0.1) is 53.3 Å². The van der Waals surface area contributed by atoms with Crippen LogP contribution in [-0.4, -0.2) is 15.1 Å². The van der Waals surface area contributed by atoms with Crippen molar-refractivity contribution in [2.45, 2.75) is 122 Å². The van der Waals surface area contributed by atoms with E-state index in [1.54, 1.807) is 0 Å². The predicted octanol–water partition coefficient (Wildman–Crippen LogP) is 8.52. The van der Waals surface area contributed by atoms with Crippen molar-refractivity contribution in [3.05, 3.63) is 0 Å². The molecule has 1 N–H and O–H groups in total. The van der Waals surface area contributed by atoms with E-state index in [0.717, 1.165) is 51.3 Å². The van der Waals surface area contributed by atoms with E-state index in [0.29, 0.717) is 5.92 Å². The van der Waals surface area contributed by atoms with Gasteiger partial charge in [-0.3, -0.25) is 0 Å². The van der Waals surface area contributed by atoms with E-state index in [2.05, 4.69) is 57.2 Å². The third kappa shape index (κ3) is 5.60. The second kappa shape index (κ2) is 11.7. The van der Waals surface area contributed by atoms with E-state index in [1.807, 2.05) is 0 Å². The molecule has 0 bridgehead atoms. The number of hydrogen-bond acceptors (Lipinski definition) is 1. The van der Waals surface area contributed by atoms with Crippen molar-refractivity contribution in [2.24, 2.45) is 53.3 Å². The van der Waals surface area contributed by atoms with Gasteiger partial charge in [0.15, 0.2) is 0 Å². The number of aliphatic hydroxyl groups excluding tert-OH is 1. The summed E-state index contributed by atoms with van der Waals surface area (Å²) < 4.78 is 0.857. The molecule has 2 heteroatoms. The number of hydrogen-bond donors (Lipinski definition) is 1. The van der Waals surface area contributed by atoms with Gasteiger partial charge in [0.1, 0.15) is 0 Å². The second-order valence-electron chi connectivity index (χ2n) is 11.6. The maximum absolute atomic E-state index is 10.7. The third-order valence-corrected chi connectivity index (χ3v) is 12.2. The van der Waals surface area contributed by atoms with Gasteiger partial charge in [-0.15, -0.1) is 0 Å². The molecule has 0 aromatic carbocycles. The zero-order chi connectivity index (χ0) is 21.8. The van der Waals surface area contributed by atoms with Crippen molar-refractivity contribution in [3.8, 4) is 0 Å². The van der Waals surface area contributed by atoms with Crippen molar-refractivity contribution in [1.82, 2.24) is 0 Å². The minimum atomic E-state index is -0.129. The Morgan fingerprint density at radius 1 is 0.833 bits per heavy atom. The average molecular weight is 531 g/mol. The Labute approximate surface area is 202 Å². The van der Waals surface area contributed by atoms with Gasteiger partial charge in [0.2, 0.25) is 0 Å². The van der Waals surface area contributed by atoms with Crippen molar-refractivity contribution in [3.63, 3.8) is 0 Å². The molecule has 0 aliphatic heterocycles. The lowest BCUT2D eigenvalue weighted by Crippen LogP contribution is -2.47. The van der Waals surface area contributed by atoms with Crippen LogP contribution in [0.3, 0.4) is 0 Å². The number of rotatable bonds is 7. The highest BCUT2D eigenvalue weighted by molar-refractivity contribution is 14.1. The molecule has 176 valence electrons. The molecule has 11 atom stereocenters. The minimum absolute atomic E-state index is 0.129. The molecule has 3 saturated carbocycles. The zero-order valence-electron chi connectivity index (χ0n) is 20.7. The molecule has 0 spiro atoms. The molecular formula is C28H51IO. The maximum atomic E-state index is 10.7. The molecule has 0 heterocycles. The Balaban J connectivity index is 1.79.